The van der Waals surface area contributed by atoms with Gasteiger partial charge in [0.25, 0.3) is 0 Å². The summed E-state index contributed by atoms with van der Waals surface area (Å²) in [6, 6.07) is 7.50. The molecule has 112 valence electrons. The van der Waals surface area contributed by atoms with Gasteiger partial charge in [0.05, 0.1) is 5.69 Å². The SMILES string of the molecule is CN(C)Cc1ccccc1NS(=O)(=O)N1CCNCC1. The molecule has 0 aromatic heterocycles. The van der Waals surface area contributed by atoms with E-state index in [1.54, 1.807) is 6.07 Å². The lowest BCUT2D eigenvalue weighted by atomic mass is 10.2. The molecule has 0 amide bonds. The van der Waals surface area contributed by atoms with Crippen molar-refractivity contribution in [2.75, 3.05) is 45.0 Å². The van der Waals surface area contributed by atoms with Gasteiger partial charge in [-0.15, -0.1) is 0 Å². The molecular formula is C13H22N4O2S. The van der Waals surface area contributed by atoms with E-state index in [2.05, 4.69) is 10.0 Å². The van der Waals surface area contributed by atoms with Crippen LogP contribution in [-0.2, 0) is 16.8 Å². The third-order valence-electron chi connectivity index (χ3n) is 3.16. The Kier molecular flexibility index (Phi) is 4.98. The van der Waals surface area contributed by atoms with Crippen molar-refractivity contribution < 1.29 is 8.42 Å². The maximum absolute atomic E-state index is 12.4. The number of nitrogens with one attached hydrogen (secondary N) is 2. The lowest BCUT2D eigenvalue weighted by molar-refractivity contribution is 0.362. The van der Waals surface area contributed by atoms with E-state index >= 15 is 0 Å². The van der Waals surface area contributed by atoms with Crippen LogP contribution >= 0.6 is 0 Å². The second-order valence-corrected chi connectivity index (χ2v) is 6.82. The minimum atomic E-state index is -3.47. The van der Waals surface area contributed by atoms with Gasteiger partial charge in [-0.2, -0.15) is 12.7 Å². The number of rotatable bonds is 5. The van der Waals surface area contributed by atoms with Crippen LogP contribution in [0.2, 0.25) is 0 Å². The molecule has 0 atom stereocenters. The molecule has 2 N–H and O–H groups in total. The van der Waals surface area contributed by atoms with Gasteiger partial charge in [-0.05, 0) is 25.7 Å². The molecule has 6 nitrogen and oxygen atoms in total. The molecule has 1 fully saturated rings. The average molecular weight is 298 g/mol. The lowest BCUT2D eigenvalue weighted by Gasteiger charge is -2.27. The van der Waals surface area contributed by atoms with E-state index < -0.39 is 10.2 Å². The number of nitrogens with zero attached hydrogens (tertiary/aromatic N) is 2. The second kappa shape index (κ2) is 6.53. The van der Waals surface area contributed by atoms with Crippen LogP contribution in [0.3, 0.4) is 0 Å². The van der Waals surface area contributed by atoms with Gasteiger partial charge in [0.1, 0.15) is 0 Å². The highest BCUT2D eigenvalue weighted by Gasteiger charge is 2.24. The zero-order valence-electron chi connectivity index (χ0n) is 12.0. The minimum absolute atomic E-state index is 0.505. The smallest absolute Gasteiger partial charge is 0.301 e. The predicted molar refractivity (Wildman–Crippen MR) is 80.8 cm³/mol. The Hall–Kier alpha value is -1.15. The van der Waals surface area contributed by atoms with Crippen LogP contribution < -0.4 is 10.0 Å². The monoisotopic (exact) mass is 298 g/mol. The van der Waals surface area contributed by atoms with Gasteiger partial charge in [0.2, 0.25) is 0 Å². The molecule has 7 heteroatoms. The van der Waals surface area contributed by atoms with E-state index in [4.69, 9.17) is 0 Å². The van der Waals surface area contributed by atoms with Crippen molar-refractivity contribution in [3.63, 3.8) is 0 Å². The third kappa shape index (κ3) is 3.92. The maximum atomic E-state index is 12.4. The highest BCUT2D eigenvalue weighted by Crippen LogP contribution is 2.19. The van der Waals surface area contributed by atoms with Crippen molar-refractivity contribution in [3.05, 3.63) is 29.8 Å². The van der Waals surface area contributed by atoms with Crippen LogP contribution in [0.25, 0.3) is 0 Å². The Morgan fingerprint density at radius 1 is 1.25 bits per heavy atom. The number of anilines is 1. The highest BCUT2D eigenvalue weighted by molar-refractivity contribution is 7.90. The second-order valence-electron chi connectivity index (χ2n) is 5.15. The molecule has 1 aromatic carbocycles. The van der Waals surface area contributed by atoms with Crippen molar-refractivity contribution in [1.29, 1.82) is 0 Å². The summed E-state index contributed by atoms with van der Waals surface area (Å²) in [5, 5.41) is 3.15. The summed E-state index contributed by atoms with van der Waals surface area (Å²) in [7, 11) is 0.450. The minimum Gasteiger partial charge on any atom is -0.314 e. The summed E-state index contributed by atoms with van der Waals surface area (Å²) in [5.41, 5.74) is 1.62. The Morgan fingerprint density at radius 3 is 2.55 bits per heavy atom. The fourth-order valence-electron chi connectivity index (χ4n) is 2.19. The normalized spacial score (nSPS) is 17.4. The fourth-order valence-corrected chi connectivity index (χ4v) is 3.46. The van der Waals surface area contributed by atoms with Crippen molar-refractivity contribution in [3.8, 4) is 0 Å². The molecule has 0 unspecified atom stereocenters. The number of hydrogen-bond donors (Lipinski definition) is 2. The first-order valence-electron chi connectivity index (χ1n) is 6.70. The summed E-state index contributed by atoms with van der Waals surface area (Å²) in [5.74, 6) is 0. The molecule has 1 aliphatic heterocycles. The topological polar surface area (TPSA) is 64.7 Å². The molecule has 1 saturated heterocycles. The van der Waals surface area contributed by atoms with E-state index in [1.165, 1.54) is 4.31 Å². The summed E-state index contributed by atoms with van der Waals surface area (Å²) in [6.45, 7) is 3.09. The molecule has 1 heterocycles. The van der Waals surface area contributed by atoms with E-state index in [0.29, 0.717) is 38.4 Å². The van der Waals surface area contributed by atoms with Gasteiger partial charge < -0.3 is 10.2 Å². The van der Waals surface area contributed by atoms with Crippen LogP contribution in [0, 0.1) is 0 Å². The molecule has 20 heavy (non-hydrogen) atoms. The van der Waals surface area contributed by atoms with E-state index in [-0.39, 0.29) is 0 Å². The fraction of sp³-hybridized carbons (Fsp3) is 0.538. The van der Waals surface area contributed by atoms with Gasteiger partial charge in [0, 0.05) is 32.7 Å². The van der Waals surface area contributed by atoms with E-state index in [0.717, 1.165) is 5.56 Å². The molecule has 1 aliphatic rings. The largest absolute Gasteiger partial charge is 0.314 e. The Morgan fingerprint density at radius 2 is 1.90 bits per heavy atom. The first kappa shape index (κ1) is 15.2. The summed E-state index contributed by atoms with van der Waals surface area (Å²) < 4.78 is 28.9. The van der Waals surface area contributed by atoms with Gasteiger partial charge in [-0.1, -0.05) is 18.2 Å². The highest BCUT2D eigenvalue weighted by atomic mass is 32.2. The molecule has 0 saturated carbocycles. The number of piperazine rings is 1. The third-order valence-corrected chi connectivity index (χ3v) is 4.68. The number of para-hydroxylation sites is 1. The Bertz CT molecular complexity index is 539. The van der Waals surface area contributed by atoms with E-state index in [9.17, 15) is 8.42 Å². The lowest BCUT2D eigenvalue weighted by Crippen LogP contribution is -2.48. The van der Waals surface area contributed by atoms with Crippen molar-refractivity contribution in [2.45, 2.75) is 6.54 Å². The number of benzene rings is 1. The van der Waals surface area contributed by atoms with Crippen LogP contribution in [0.5, 0.6) is 0 Å². The maximum Gasteiger partial charge on any atom is 0.301 e. The molecule has 0 bridgehead atoms. The van der Waals surface area contributed by atoms with Gasteiger partial charge >= 0.3 is 10.2 Å². The molecule has 0 radical (unpaired) electrons. The van der Waals surface area contributed by atoms with Crippen LogP contribution in [-0.4, -0.2) is 57.9 Å². The van der Waals surface area contributed by atoms with E-state index in [1.807, 2.05) is 37.2 Å². The van der Waals surface area contributed by atoms with Gasteiger partial charge in [-0.3, -0.25) is 4.72 Å². The molecule has 0 spiro atoms. The molecule has 0 aliphatic carbocycles. The first-order chi connectivity index (χ1) is 9.49. The van der Waals surface area contributed by atoms with Crippen molar-refractivity contribution >= 4 is 15.9 Å². The Balaban J connectivity index is 2.16. The molecule has 1 aromatic rings. The van der Waals surface area contributed by atoms with Gasteiger partial charge in [0.15, 0.2) is 0 Å². The van der Waals surface area contributed by atoms with Crippen molar-refractivity contribution in [1.82, 2.24) is 14.5 Å². The number of hydrogen-bond acceptors (Lipinski definition) is 4. The van der Waals surface area contributed by atoms with Crippen molar-refractivity contribution in [2.24, 2.45) is 0 Å². The summed E-state index contributed by atoms with van der Waals surface area (Å²) >= 11 is 0. The standard InChI is InChI=1S/C13H22N4O2S/c1-16(2)11-12-5-3-4-6-13(12)15-20(18,19)17-9-7-14-8-10-17/h3-6,14-15H,7-11H2,1-2H3. The average Bonchev–Trinajstić information content (AvgIpc) is 2.41. The van der Waals surface area contributed by atoms with Gasteiger partial charge in [-0.25, -0.2) is 0 Å². The van der Waals surface area contributed by atoms with Crippen LogP contribution in [0.1, 0.15) is 5.56 Å². The van der Waals surface area contributed by atoms with Crippen LogP contribution in [0.4, 0.5) is 5.69 Å². The summed E-state index contributed by atoms with van der Waals surface area (Å²) in [6.07, 6.45) is 0. The predicted octanol–water partition coefficient (Wildman–Crippen LogP) is 0.310. The summed E-state index contributed by atoms with van der Waals surface area (Å²) in [4.78, 5) is 2.01. The Labute approximate surface area is 120 Å². The zero-order valence-corrected chi connectivity index (χ0v) is 12.8. The molecular weight excluding hydrogens is 276 g/mol. The molecule has 2 rings (SSSR count). The quantitative estimate of drug-likeness (QED) is 0.821. The first-order valence-corrected chi connectivity index (χ1v) is 8.14. The van der Waals surface area contributed by atoms with Crippen LogP contribution in [0.15, 0.2) is 24.3 Å². The zero-order chi connectivity index (χ0) is 14.6.